The molecule has 6 nitrogen and oxygen atoms in total. The number of benzene rings is 2. The maximum atomic E-state index is 13.5. The van der Waals surface area contributed by atoms with Crippen molar-refractivity contribution in [3.63, 3.8) is 0 Å². The van der Waals surface area contributed by atoms with Gasteiger partial charge in [0.15, 0.2) is 17.3 Å². The molecule has 0 atom stereocenters. The molecule has 152 valence electrons. The molecule has 29 heavy (non-hydrogen) atoms. The second-order valence-corrected chi connectivity index (χ2v) is 6.54. The van der Waals surface area contributed by atoms with Crippen LogP contribution in [0.5, 0.6) is 5.75 Å². The number of hydrogen-bond acceptors (Lipinski definition) is 5. The Bertz CT molecular complexity index is 1050. The fourth-order valence-corrected chi connectivity index (χ4v) is 2.97. The predicted octanol–water partition coefficient (Wildman–Crippen LogP) is 3.96. The van der Waals surface area contributed by atoms with Crippen LogP contribution in [0, 0.1) is 5.82 Å². The second kappa shape index (κ2) is 9.82. The first-order valence-electron chi connectivity index (χ1n) is 9.66. The fourth-order valence-electron chi connectivity index (χ4n) is 2.97. The van der Waals surface area contributed by atoms with Crippen molar-refractivity contribution >= 4 is 16.7 Å². The van der Waals surface area contributed by atoms with Crippen LogP contribution in [0.3, 0.4) is 0 Å². The molecule has 0 aliphatic rings. The van der Waals surface area contributed by atoms with Gasteiger partial charge in [-0.25, -0.2) is 13.9 Å². The zero-order chi connectivity index (χ0) is 20.6. The molecule has 1 aromatic heterocycles. The minimum absolute atomic E-state index is 0.000739. The Morgan fingerprint density at radius 2 is 1.76 bits per heavy atom. The van der Waals surface area contributed by atoms with Gasteiger partial charge in [-0.1, -0.05) is 50.1 Å². The standard InChI is InChI=1S/C22H23FN2O4/c1-2-3-8-13-25-21(26)17-10-5-4-9-16(17)20(24-25)22(27)29-15-14-28-19-12-7-6-11-18(19)23/h4-7,9-12H,2-3,8,13-15H2,1H3. The van der Waals surface area contributed by atoms with E-state index in [0.29, 0.717) is 17.3 Å². The lowest BCUT2D eigenvalue weighted by Crippen LogP contribution is -2.27. The number of esters is 1. The molecule has 0 saturated carbocycles. The molecule has 3 aromatic rings. The van der Waals surface area contributed by atoms with Crippen molar-refractivity contribution < 1.29 is 18.7 Å². The van der Waals surface area contributed by atoms with Gasteiger partial charge in [-0.05, 0) is 24.6 Å². The first-order chi connectivity index (χ1) is 14.1. The van der Waals surface area contributed by atoms with E-state index in [1.54, 1.807) is 36.4 Å². The Hall–Kier alpha value is -3.22. The molecule has 0 aliphatic heterocycles. The highest BCUT2D eigenvalue weighted by atomic mass is 19.1. The average Bonchev–Trinajstić information content (AvgIpc) is 2.74. The lowest BCUT2D eigenvalue weighted by atomic mass is 10.1. The summed E-state index contributed by atoms with van der Waals surface area (Å²) in [6.07, 6.45) is 2.78. The molecular formula is C22H23FN2O4. The Labute approximate surface area is 167 Å². The van der Waals surface area contributed by atoms with Gasteiger partial charge in [0.2, 0.25) is 0 Å². The lowest BCUT2D eigenvalue weighted by Gasteiger charge is -2.11. The van der Waals surface area contributed by atoms with Crippen LogP contribution in [0.1, 0.15) is 36.7 Å². The van der Waals surface area contributed by atoms with Gasteiger partial charge < -0.3 is 9.47 Å². The third kappa shape index (κ3) is 4.99. The average molecular weight is 398 g/mol. The Morgan fingerprint density at radius 1 is 1.03 bits per heavy atom. The maximum Gasteiger partial charge on any atom is 0.359 e. The number of carbonyl (C=O) groups is 1. The number of aryl methyl sites for hydroxylation is 1. The monoisotopic (exact) mass is 398 g/mol. The number of nitrogens with zero attached hydrogens (tertiary/aromatic N) is 2. The molecule has 0 amide bonds. The van der Waals surface area contributed by atoms with E-state index in [0.717, 1.165) is 19.3 Å². The second-order valence-electron chi connectivity index (χ2n) is 6.54. The van der Waals surface area contributed by atoms with Crippen molar-refractivity contribution in [2.24, 2.45) is 0 Å². The number of unbranched alkanes of at least 4 members (excludes halogenated alkanes) is 2. The van der Waals surface area contributed by atoms with Crippen molar-refractivity contribution in [2.45, 2.75) is 32.7 Å². The number of para-hydroxylation sites is 1. The van der Waals surface area contributed by atoms with Crippen molar-refractivity contribution in [1.29, 1.82) is 0 Å². The zero-order valence-electron chi connectivity index (χ0n) is 16.3. The summed E-state index contributed by atoms with van der Waals surface area (Å²) in [5.74, 6) is -1.04. The van der Waals surface area contributed by atoms with E-state index in [-0.39, 0.29) is 30.2 Å². The molecule has 1 heterocycles. The van der Waals surface area contributed by atoms with E-state index in [9.17, 15) is 14.0 Å². The number of aromatic nitrogens is 2. The van der Waals surface area contributed by atoms with Crippen molar-refractivity contribution in [3.05, 3.63) is 70.4 Å². The molecule has 0 spiro atoms. The van der Waals surface area contributed by atoms with Gasteiger partial charge in [0.25, 0.3) is 5.56 Å². The van der Waals surface area contributed by atoms with Crippen LogP contribution in [0.25, 0.3) is 10.8 Å². The number of ether oxygens (including phenoxy) is 2. The smallest absolute Gasteiger partial charge is 0.359 e. The SMILES string of the molecule is CCCCCn1nc(C(=O)OCCOc2ccccc2F)c2ccccc2c1=O. The molecule has 0 aliphatic carbocycles. The van der Waals surface area contributed by atoms with Gasteiger partial charge in [-0.3, -0.25) is 4.79 Å². The molecule has 3 rings (SSSR count). The highest BCUT2D eigenvalue weighted by Gasteiger charge is 2.18. The normalized spacial score (nSPS) is 10.8. The Kier molecular flexibility index (Phi) is 6.94. The lowest BCUT2D eigenvalue weighted by molar-refractivity contribution is 0.0441. The Morgan fingerprint density at radius 3 is 2.52 bits per heavy atom. The summed E-state index contributed by atoms with van der Waals surface area (Å²) in [5, 5.41) is 5.12. The topological polar surface area (TPSA) is 70.4 Å². The van der Waals surface area contributed by atoms with Crippen LogP contribution in [-0.2, 0) is 11.3 Å². The molecule has 0 fully saturated rings. The van der Waals surface area contributed by atoms with Gasteiger partial charge in [-0.15, -0.1) is 0 Å². The van der Waals surface area contributed by atoms with Crippen molar-refractivity contribution in [2.75, 3.05) is 13.2 Å². The minimum atomic E-state index is -0.650. The Balaban J connectivity index is 1.73. The van der Waals surface area contributed by atoms with E-state index in [1.165, 1.54) is 16.8 Å². The largest absolute Gasteiger partial charge is 0.487 e. The van der Waals surface area contributed by atoms with Crippen LogP contribution in [-0.4, -0.2) is 29.0 Å². The number of fused-ring (bicyclic) bond motifs is 1. The molecule has 2 aromatic carbocycles. The number of rotatable bonds is 9. The number of halogens is 1. The number of carbonyl (C=O) groups excluding carboxylic acids is 1. The third-order valence-corrected chi connectivity index (χ3v) is 4.45. The predicted molar refractivity (Wildman–Crippen MR) is 108 cm³/mol. The van der Waals surface area contributed by atoms with Crippen LogP contribution in [0.4, 0.5) is 4.39 Å². The molecule has 0 bridgehead atoms. The van der Waals surface area contributed by atoms with Gasteiger partial charge in [0, 0.05) is 11.9 Å². The minimum Gasteiger partial charge on any atom is -0.487 e. The summed E-state index contributed by atoms with van der Waals surface area (Å²) in [6, 6.07) is 12.8. The highest BCUT2D eigenvalue weighted by molar-refractivity contribution is 6.02. The first kappa shape index (κ1) is 20.5. The van der Waals surface area contributed by atoms with Crippen LogP contribution in [0.2, 0.25) is 0 Å². The van der Waals surface area contributed by atoms with Crippen LogP contribution >= 0.6 is 0 Å². The molecule has 0 saturated heterocycles. The van der Waals surface area contributed by atoms with E-state index < -0.39 is 11.8 Å². The maximum absolute atomic E-state index is 13.5. The molecule has 7 heteroatoms. The van der Waals surface area contributed by atoms with Crippen molar-refractivity contribution in [3.8, 4) is 5.75 Å². The third-order valence-electron chi connectivity index (χ3n) is 4.45. The highest BCUT2D eigenvalue weighted by Crippen LogP contribution is 2.16. The zero-order valence-corrected chi connectivity index (χ0v) is 16.3. The van der Waals surface area contributed by atoms with Gasteiger partial charge in [-0.2, -0.15) is 5.10 Å². The molecule has 0 radical (unpaired) electrons. The van der Waals surface area contributed by atoms with E-state index in [2.05, 4.69) is 12.0 Å². The first-order valence-corrected chi connectivity index (χ1v) is 9.66. The summed E-state index contributed by atoms with van der Waals surface area (Å²) in [5.41, 5.74) is -0.140. The summed E-state index contributed by atoms with van der Waals surface area (Å²) in [4.78, 5) is 25.2. The molecule has 0 N–H and O–H groups in total. The summed E-state index contributed by atoms with van der Waals surface area (Å²) in [7, 11) is 0. The quantitative estimate of drug-likeness (QED) is 0.403. The van der Waals surface area contributed by atoms with Gasteiger partial charge in [0.1, 0.15) is 13.2 Å². The summed E-state index contributed by atoms with van der Waals surface area (Å²) >= 11 is 0. The van der Waals surface area contributed by atoms with E-state index >= 15 is 0 Å². The summed E-state index contributed by atoms with van der Waals surface area (Å²) < 4.78 is 25.4. The van der Waals surface area contributed by atoms with Crippen LogP contribution < -0.4 is 10.3 Å². The van der Waals surface area contributed by atoms with E-state index in [1.807, 2.05) is 0 Å². The molecular weight excluding hydrogens is 375 g/mol. The van der Waals surface area contributed by atoms with Crippen LogP contribution in [0.15, 0.2) is 53.3 Å². The van der Waals surface area contributed by atoms with Gasteiger partial charge in [0.05, 0.1) is 5.39 Å². The molecule has 0 unspecified atom stereocenters. The van der Waals surface area contributed by atoms with Gasteiger partial charge >= 0.3 is 5.97 Å². The fraction of sp³-hybridized carbons (Fsp3) is 0.318. The van der Waals surface area contributed by atoms with Crippen molar-refractivity contribution in [1.82, 2.24) is 9.78 Å². The summed E-state index contributed by atoms with van der Waals surface area (Å²) in [6.45, 7) is 2.44. The number of hydrogen-bond donors (Lipinski definition) is 0. The van der Waals surface area contributed by atoms with E-state index in [4.69, 9.17) is 9.47 Å².